The molecule has 0 bridgehead atoms. The predicted molar refractivity (Wildman–Crippen MR) is 69.2 cm³/mol. The lowest BCUT2D eigenvalue weighted by Gasteiger charge is -2.36. The Bertz CT molecular complexity index is 394. The number of likely N-dealkylation sites (tertiary alicyclic amines) is 1. The fourth-order valence-corrected chi connectivity index (χ4v) is 2.67. The SMILES string of the molecule is CC(c1ccccn1)N1CCCC(CC(=O)O)C1. The predicted octanol–water partition coefficient (Wildman–Crippen LogP) is 2.33. The van der Waals surface area contributed by atoms with Crippen molar-refractivity contribution in [3.05, 3.63) is 30.1 Å². The maximum absolute atomic E-state index is 10.8. The van der Waals surface area contributed by atoms with Gasteiger partial charge in [-0.1, -0.05) is 6.07 Å². The van der Waals surface area contributed by atoms with Crippen LogP contribution in [0.5, 0.6) is 0 Å². The van der Waals surface area contributed by atoms with Crippen LogP contribution in [0, 0.1) is 5.92 Å². The minimum Gasteiger partial charge on any atom is -0.481 e. The summed E-state index contributed by atoms with van der Waals surface area (Å²) in [7, 11) is 0. The quantitative estimate of drug-likeness (QED) is 0.888. The van der Waals surface area contributed by atoms with Gasteiger partial charge in [0.15, 0.2) is 0 Å². The Morgan fingerprint density at radius 1 is 1.61 bits per heavy atom. The van der Waals surface area contributed by atoms with E-state index in [0.29, 0.717) is 0 Å². The van der Waals surface area contributed by atoms with Crippen LogP contribution in [0.1, 0.15) is 37.9 Å². The van der Waals surface area contributed by atoms with Gasteiger partial charge in [0, 0.05) is 25.2 Å². The third-order valence-electron chi connectivity index (χ3n) is 3.68. The molecule has 0 amide bonds. The van der Waals surface area contributed by atoms with Gasteiger partial charge in [0.1, 0.15) is 0 Å². The van der Waals surface area contributed by atoms with Crippen molar-refractivity contribution in [1.29, 1.82) is 0 Å². The summed E-state index contributed by atoms with van der Waals surface area (Å²) in [5, 5.41) is 8.88. The molecule has 18 heavy (non-hydrogen) atoms. The van der Waals surface area contributed by atoms with Crippen molar-refractivity contribution in [2.45, 2.75) is 32.2 Å². The molecule has 0 spiro atoms. The van der Waals surface area contributed by atoms with Gasteiger partial charge in [-0.25, -0.2) is 0 Å². The lowest BCUT2D eigenvalue weighted by atomic mass is 9.93. The van der Waals surface area contributed by atoms with Gasteiger partial charge in [-0.3, -0.25) is 14.7 Å². The van der Waals surface area contributed by atoms with Gasteiger partial charge >= 0.3 is 5.97 Å². The van der Waals surface area contributed by atoms with Crippen molar-refractivity contribution >= 4 is 5.97 Å². The fraction of sp³-hybridized carbons (Fsp3) is 0.571. The van der Waals surface area contributed by atoms with Crippen molar-refractivity contribution in [2.24, 2.45) is 5.92 Å². The molecule has 0 aromatic carbocycles. The number of carbonyl (C=O) groups is 1. The number of hydrogen-bond acceptors (Lipinski definition) is 3. The van der Waals surface area contributed by atoms with E-state index < -0.39 is 5.97 Å². The number of pyridine rings is 1. The summed E-state index contributed by atoms with van der Waals surface area (Å²) < 4.78 is 0. The second-order valence-corrected chi connectivity index (χ2v) is 5.03. The van der Waals surface area contributed by atoms with Crippen molar-refractivity contribution in [3.8, 4) is 0 Å². The second kappa shape index (κ2) is 5.96. The Hall–Kier alpha value is -1.42. The first-order valence-corrected chi connectivity index (χ1v) is 6.53. The first kappa shape index (κ1) is 13.0. The van der Waals surface area contributed by atoms with E-state index in [9.17, 15) is 4.79 Å². The third kappa shape index (κ3) is 3.29. The number of carboxylic acids is 1. The van der Waals surface area contributed by atoms with Crippen molar-refractivity contribution in [2.75, 3.05) is 13.1 Å². The van der Waals surface area contributed by atoms with Crippen LogP contribution in [-0.4, -0.2) is 34.0 Å². The Morgan fingerprint density at radius 2 is 2.44 bits per heavy atom. The molecule has 2 rings (SSSR count). The zero-order valence-electron chi connectivity index (χ0n) is 10.7. The smallest absolute Gasteiger partial charge is 0.303 e. The summed E-state index contributed by atoms with van der Waals surface area (Å²) in [4.78, 5) is 17.5. The number of carboxylic acid groups (broad SMARTS) is 1. The molecular formula is C14H20N2O2. The lowest BCUT2D eigenvalue weighted by Crippen LogP contribution is -2.38. The number of aliphatic carboxylic acids is 1. The topological polar surface area (TPSA) is 53.4 Å². The largest absolute Gasteiger partial charge is 0.481 e. The highest BCUT2D eigenvalue weighted by molar-refractivity contribution is 5.67. The number of aromatic nitrogens is 1. The zero-order chi connectivity index (χ0) is 13.0. The third-order valence-corrected chi connectivity index (χ3v) is 3.68. The van der Waals surface area contributed by atoms with Crippen LogP contribution in [0.4, 0.5) is 0 Å². The summed E-state index contributed by atoms with van der Waals surface area (Å²) in [6.07, 6.45) is 4.20. The Labute approximate surface area is 108 Å². The maximum atomic E-state index is 10.8. The van der Waals surface area contributed by atoms with E-state index in [4.69, 9.17) is 5.11 Å². The molecule has 0 radical (unpaired) electrons. The number of rotatable bonds is 4. The molecule has 4 nitrogen and oxygen atoms in total. The minimum atomic E-state index is -0.688. The van der Waals surface area contributed by atoms with Gasteiger partial charge in [-0.15, -0.1) is 0 Å². The van der Waals surface area contributed by atoms with Gasteiger partial charge in [0.2, 0.25) is 0 Å². The lowest BCUT2D eigenvalue weighted by molar-refractivity contribution is -0.138. The molecule has 1 saturated heterocycles. The number of nitrogens with zero attached hydrogens (tertiary/aromatic N) is 2. The molecule has 98 valence electrons. The van der Waals surface area contributed by atoms with Crippen LogP contribution in [-0.2, 0) is 4.79 Å². The van der Waals surface area contributed by atoms with Gasteiger partial charge in [-0.2, -0.15) is 0 Å². The highest BCUT2D eigenvalue weighted by atomic mass is 16.4. The molecule has 1 aliphatic rings. The average molecular weight is 248 g/mol. The minimum absolute atomic E-state index is 0.266. The van der Waals surface area contributed by atoms with Gasteiger partial charge in [-0.05, 0) is 44.4 Å². The van der Waals surface area contributed by atoms with Gasteiger partial charge in [0.05, 0.1) is 5.69 Å². The second-order valence-electron chi connectivity index (χ2n) is 5.03. The first-order valence-electron chi connectivity index (χ1n) is 6.53. The highest BCUT2D eigenvalue weighted by Crippen LogP contribution is 2.26. The van der Waals surface area contributed by atoms with E-state index in [0.717, 1.165) is 31.6 Å². The van der Waals surface area contributed by atoms with E-state index in [1.165, 1.54) is 0 Å². The maximum Gasteiger partial charge on any atom is 0.303 e. The molecule has 0 saturated carbocycles. The molecule has 0 aliphatic carbocycles. The Kier molecular flexibility index (Phi) is 4.31. The van der Waals surface area contributed by atoms with Crippen LogP contribution < -0.4 is 0 Å². The molecule has 1 N–H and O–H groups in total. The van der Waals surface area contributed by atoms with E-state index in [-0.39, 0.29) is 18.4 Å². The van der Waals surface area contributed by atoms with Crippen molar-refractivity contribution < 1.29 is 9.90 Å². The molecule has 1 aromatic heterocycles. The molecule has 2 unspecified atom stereocenters. The van der Waals surface area contributed by atoms with Crippen LogP contribution >= 0.6 is 0 Å². The van der Waals surface area contributed by atoms with Crippen molar-refractivity contribution in [1.82, 2.24) is 9.88 Å². The summed E-state index contributed by atoms with van der Waals surface area (Å²) in [6, 6.07) is 6.21. The van der Waals surface area contributed by atoms with Gasteiger partial charge < -0.3 is 5.11 Å². The van der Waals surface area contributed by atoms with Crippen LogP contribution in [0.25, 0.3) is 0 Å². The molecule has 1 aliphatic heterocycles. The Balaban J connectivity index is 1.98. The van der Waals surface area contributed by atoms with Crippen LogP contribution in [0.15, 0.2) is 24.4 Å². The van der Waals surface area contributed by atoms with E-state index in [1.807, 2.05) is 24.4 Å². The first-order chi connectivity index (χ1) is 8.66. The van der Waals surface area contributed by atoms with E-state index >= 15 is 0 Å². The molecule has 1 fully saturated rings. The number of hydrogen-bond donors (Lipinski definition) is 1. The van der Waals surface area contributed by atoms with E-state index in [2.05, 4.69) is 16.8 Å². The average Bonchev–Trinajstić information content (AvgIpc) is 2.38. The van der Waals surface area contributed by atoms with Crippen molar-refractivity contribution in [3.63, 3.8) is 0 Å². The molecule has 4 heteroatoms. The molecule has 2 heterocycles. The van der Waals surface area contributed by atoms with Crippen LogP contribution in [0.2, 0.25) is 0 Å². The molecular weight excluding hydrogens is 228 g/mol. The number of piperidine rings is 1. The normalized spacial score (nSPS) is 22.6. The standard InChI is InChI=1S/C14H20N2O2/c1-11(13-6-2-3-7-15-13)16-8-4-5-12(10-16)9-14(17)18/h2-3,6-7,11-12H,4-5,8-10H2,1H3,(H,17,18). The van der Waals surface area contributed by atoms with Gasteiger partial charge in [0.25, 0.3) is 0 Å². The summed E-state index contributed by atoms with van der Waals surface area (Å²) in [6.45, 7) is 4.05. The fourth-order valence-electron chi connectivity index (χ4n) is 2.67. The molecule has 1 aromatic rings. The van der Waals surface area contributed by atoms with Crippen LogP contribution in [0.3, 0.4) is 0 Å². The Morgan fingerprint density at radius 3 is 3.11 bits per heavy atom. The van der Waals surface area contributed by atoms with E-state index in [1.54, 1.807) is 0 Å². The summed E-state index contributed by atoms with van der Waals surface area (Å²) >= 11 is 0. The molecule has 2 atom stereocenters. The monoisotopic (exact) mass is 248 g/mol. The summed E-state index contributed by atoms with van der Waals surface area (Å²) in [5.41, 5.74) is 1.06. The summed E-state index contributed by atoms with van der Waals surface area (Å²) in [5.74, 6) is -0.408. The highest BCUT2D eigenvalue weighted by Gasteiger charge is 2.26. The zero-order valence-corrected chi connectivity index (χ0v) is 10.7.